The van der Waals surface area contributed by atoms with E-state index in [1.165, 1.54) is 37.4 Å². The molecule has 1 aromatic rings. The smallest absolute Gasteiger partial charge is 0.0931 e. The molecule has 2 N–H and O–H groups in total. The van der Waals surface area contributed by atoms with Crippen LogP contribution in [0.3, 0.4) is 0 Å². The Bertz CT molecular complexity index is 436. The van der Waals surface area contributed by atoms with Crippen LogP contribution in [0, 0.1) is 5.92 Å². The highest BCUT2D eigenvalue weighted by Gasteiger charge is 2.31. The molecule has 20 heavy (non-hydrogen) atoms. The van der Waals surface area contributed by atoms with Gasteiger partial charge in [0.05, 0.1) is 10.4 Å². The standard InChI is InChI=1S/C15H24ClN3S/c1-11(17)15(13-4-5-14(16)20-13)19-8-6-18(7-9-19)10-12-2-3-12/h4-5,11-12,15H,2-3,6-10,17H2,1H3. The first-order chi connectivity index (χ1) is 9.63. The third-order valence-corrected chi connectivity index (χ3v) is 5.70. The number of halogens is 1. The molecule has 2 unspecified atom stereocenters. The number of rotatable bonds is 5. The molecule has 0 aromatic carbocycles. The lowest BCUT2D eigenvalue weighted by Gasteiger charge is -2.40. The van der Waals surface area contributed by atoms with Gasteiger partial charge in [0.15, 0.2) is 0 Å². The second-order valence-electron chi connectivity index (χ2n) is 6.23. The van der Waals surface area contributed by atoms with Crippen molar-refractivity contribution in [3.8, 4) is 0 Å². The fourth-order valence-electron chi connectivity index (χ4n) is 3.15. The molecule has 1 aliphatic heterocycles. The topological polar surface area (TPSA) is 32.5 Å². The summed E-state index contributed by atoms with van der Waals surface area (Å²) in [5.41, 5.74) is 6.24. The zero-order valence-corrected chi connectivity index (χ0v) is 13.7. The van der Waals surface area contributed by atoms with Crippen LogP contribution in [-0.4, -0.2) is 48.6 Å². The van der Waals surface area contributed by atoms with E-state index in [4.69, 9.17) is 17.3 Å². The van der Waals surface area contributed by atoms with Crippen LogP contribution in [0.2, 0.25) is 4.34 Å². The highest BCUT2D eigenvalue weighted by molar-refractivity contribution is 7.16. The molecule has 0 radical (unpaired) electrons. The number of piperazine rings is 1. The molecule has 1 aromatic heterocycles. The third-order valence-electron chi connectivity index (χ3n) is 4.40. The van der Waals surface area contributed by atoms with Gasteiger partial charge in [0.25, 0.3) is 0 Å². The molecule has 0 bridgehead atoms. The predicted octanol–water partition coefficient (Wildman–Crippen LogP) is 2.82. The highest BCUT2D eigenvalue weighted by Crippen LogP contribution is 2.34. The Morgan fingerprint density at radius 3 is 2.50 bits per heavy atom. The lowest BCUT2D eigenvalue weighted by atomic mass is 10.1. The third kappa shape index (κ3) is 3.55. The molecule has 2 aliphatic rings. The van der Waals surface area contributed by atoms with Crippen molar-refractivity contribution in [2.75, 3.05) is 32.7 Å². The molecule has 0 spiro atoms. The summed E-state index contributed by atoms with van der Waals surface area (Å²) < 4.78 is 0.859. The quantitative estimate of drug-likeness (QED) is 0.907. The van der Waals surface area contributed by atoms with Crippen molar-refractivity contribution < 1.29 is 0 Å². The van der Waals surface area contributed by atoms with Gasteiger partial charge in [-0.05, 0) is 37.8 Å². The van der Waals surface area contributed by atoms with Crippen LogP contribution in [0.25, 0.3) is 0 Å². The van der Waals surface area contributed by atoms with Gasteiger partial charge in [0, 0.05) is 43.6 Å². The Morgan fingerprint density at radius 2 is 2.00 bits per heavy atom. The molecule has 3 nitrogen and oxygen atoms in total. The van der Waals surface area contributed by atoms with E-state index in [0.717, 1.165) is 23.3 Å². The number of hydrogen-bond acceptors (Lipinski definition) is 4. The monoisotopic (exact) mass is 313 g/mol. The van der Waals surface area contributed by atoms with Crippen LogP contribution in [-0.2, 0) is 0 Å². The summed E-state index contributed by atoms with van der Waals surface area (Å²) in [6.45, 7) is 8.01. The summed E-state index contributed by atoms with van der Waals surface area (Å²) in [4.78, 5) is 6.46. The van der Waals surface area contributed by atoms with E-state index in [9.17, 15) is 0 Å². The molecular weight excluding hydrogens is 290 g/mol. The van der Waals surface area contributed by atoms with Crippen LogP contribution < -0.4 is 5.73 Å². The van der Waals surface area contributed by atoms with Crippen molar-refractivity contribution in [2.24, 2.45) is 11.7 Å². The zero-order chi connectivity index (χ0) is 14.1. The Morgan fingerprint density at radius 1 is 1.30 bits per heavy atom. The van der Waals surface area contributed by atoms with Crippen molar-refractivity contribution in [3.05, 3.63) is 21.3 Å². The van der Waals surface area contributed by atoms with Crippen molar-refractivity contribution in [1.29, 1.82) is 0 Å². The molecule has 112 valence electrons. The molecular formula is C15H24ClN3S. The highest BCUT2D eigenvalue weighted by atomic mass is 35.5. The summed E-state index contributed by atoms with van der Waals surface area (Å²) in [7, 11) is 0. The van der Waals surface area contributed by atoms with Gasteiger partial charge in [-0.15, -0.1) is 11.3 Å². The first-order valence-corrected chi connectivity index (χ1v) is 8.80. The van der Waals surface area contributed by atoms with E-state index < -0.39 is 0 Å². The second-order valence-corrected chi connectivity index (χ2v) is 7.97. The van der Waals surface area contributed by atoms with Crippen molar-refractivity contribution in [3.63, 3.8) is 0 Å². The van der Waals surface area contributed by atoms with Gasteiger partial charge in [-0.2, -0.15) is 0 Å². The Balaban J connectivity index is 1.61. The summed E-state index contributed by atoms with van der Waals surface area (Å²) in [5.74, 6) is 0.988. The minimum absolute atomic E-state index is 0.139. The molecule has 1 saturated carbocycles. The predicted molar refractivity (Wildman–Crippen MR) is 86.5 cm³/mol. The number of hydrogen-bond donors (Lipinski definition) is 1. The Hall–Kier alpha value is -0.130. The van der Waals surface area contributed by atoms with E-state index >= 15 is 0 Å². The maximum absolute atomic E-state index is 6.24. The summed E-state index contributed by atoms with van der Waals surface area (Å²) in [6.07, 6.45) is 2.88. The molecule has 2 fully saturated rings. The molecule has 0 amide bonds. The van der Waals surface area contributed by atoms with Gasteiger partial charge >= 0.3 is 0 Å². The van der Waals surface area contributed by atoms with E-state index in [1.807, 2.05) is 6.07 Å². The van der Waals surface area contributed by atoms with Crippen LogP contribution >= 0.6 is 22.9 Å². The Labute approximate surface area is 130 Å². The molecule has 3 rings (SSSR count). The van der Waals surface area contributed by atoms with Crippen LogP contribution in [0.4, 0.5) is 0 Å². The van der Waals surface area contributed by atoms with Gasteiger partial charge in [-0.3, -0.25) is 4.90 Å². The number of nitrogens with zero attached hydrogens (tertiary/aromatic N) is 2. The van der Waals surface area contributed by atoms with Crippen molar-refractivity contribution in [1.82, 2.24) is 9.80 Å². The van der Waals surface area contributed by atoms with Crippen LogP contribution in [0.5, 0.6) is 0 Å². The summed E-state index contributed by atoms with van der Waals surface area (Å²) in [6, 6.07) is 4.58. The molecule has 2 heterocycles. The zero-order valence-electron chi connectivity index (χ0n) is 12.1. The van der Waals surface area contributed by atoms with Gasteiger partial charge < -0.3 is 10.6 Å². The largest absolute Gasteiger partial charge is 0.326 e. The van der Waals surface area contributed by atoms with Crippen LogP contribution in [0.1, 0.15) is 30.7 Å². The van der Waals surface area contributed by atoms with E-state index in [-0.39, 0.29) is 6.04 Å². The average Bonchev–Trinajstić information content (AvgIpc) is 3.13. The minimum atomic E-state index is 0.139. The fourth-order valence-corrected chi connectivity index (χ4v) is 4.46. The van der Waals surface area contributed by atoms with Crippen LogP contribution in [0.15, 0.2) is 12.1 Å². The van der Waals surface area contributed by atoms with E-state index in [0.29, 0.717) is 6.04 Å². The first-order valence-electron chi connectivity index (χ1n) is 7.60. The molecule has 1 aliphatic carbocycles. The maximum Gasteiger partial charge on any atom is 0.0931 e. The number of thiophene rings is 1. The molecule has 1 saturated heterocycles. The van der Waals surface area contributed by atoms with E-state index in [2.05, 4.69) is 22.8 Å². The maximum atomic E-state index is 6.24. The minimum Gasteiger partial charge on any atom is -0.326 e. The SMILES string of the molecule is CC(N)C(c1ccc(Cl)s1)N1CCN(CC2CC2)CC1. The second kappa shape index (κ2) is 6.32. The lowest BCUT2D eigenvalue weighted by Crippen LogP contribution is -2.51. The first kappa shape index (κ1) is 14.8. The normalized spacial score (nSPS) is 24.8. The fraction of sp³-hybridized carbons (Fsp3) is 0.733. The summed E-state index contributed by atoms with van der Waals surface area (Å²) in [5, 5.41) is 0. The Kier molecular flexibility index (Phi) is 4.68. The van der Waals surface area contributed by atoms with Gasteiger partial charge in [0.2, 0.25) is 0 Å². The van der Waals surface area contributed by atoms with Gasteiger partial charge in [-0.1, -0.05) is 11.6 Å². The van der Waals surface area contributed by atoms with Crippen molar-refractivity contribution >= 4 is 22.9 Å². The number of nitrogens with two attached hydrogens (primary N) is 1. The molecule has 5 heteroatoms. The molecule has 2 atom stereocenters. The summed E-state index contributed by atoms with van der Waals surface area (Å²) >= 11 is 7.76. The average molecular weight is 314 g/mol. The lowest BCUT2D eigenvalue weighted by molar-refractivity contribution is 0.0856. The van der Waals surface area contributed by atoms with Gasteiger partial charge in [-0.25, -0.2) is 0 Å². The van der Waals surface area contributed by atoms with E-state index in [1.54, 1.807) is 11.3 Å². The van der Waals surface area contributed by atoms with Gasteiger partial charge in [0.1, 0.15) is 0 Å². The van der Waals surface area contributed by atoms with Crippen molar-refractivity contribution in [2.45, 2.75) is 31.8 Å².